The molecular weight excluding hydrogens is 330 g/mol. The molecule has 136 valence electrons. The van der Waals surface area contributed by atoms with E-state index < -0.39 is 0 Å². The summed E-state index contributed by atoms with van der Waals surface area (Å²) in [5.41, 5.74) is 1.84. The van der Waals surface area contributed by atoms with E-state index in [0.717, 1.165) is 48.8 Å². The number of aromatic nitrogens is 2. The molecule has 1 fully saturated rings. The smallest absolute Gasteiger partial charge is 0.246 e. The number of carbonyl (C=O) groups is 1. The predicted octanol–water partition coefficient (Wildman–Crippen LogP) is 1.42. The molecule has 0 atom stereocenters. The maximum Gasteiger partial charge on any atom is 0.246 e. The predicted molar refractivity (Wildman–Crippen MR) is 100 cm³/mol. The first-order chi connectivity index (χ1) is 12.6. The number of aliphatic hydroxyl groups is 1. The van der Waals surface area contributed by atoms with Crippen LogP contribution in [-0.2, 0) is 11.3 Å². The first-order valence-electron chi connectivity index (χ1n) is 8.97. The molecule has 7 heteroatoms. The minimum atomic E-state index is -0.239. The normalized spacial score (nSPS) is 18.7. The van der Waals surface area contributed by atoms with Crippen molar-refractivity contribution in [3.05, 3.63) is 42.2 Å². The Morgan fingerprint density at radius 3 is 2.46 bits per heavy atom. The van der Waals surface area contributed by atoms with E-state index in [2.05, 4.69) is 14.9 Å². The van der Waals surface area contributed by atoms with Crippen molar-refractivity contribution in [3.63, 3.8) is 0 Å². The highest BCUT2D eigenvalue weighted by atomic mass is 16.3. The summed E-state index contributed by atoms with van der Waals surface area (Å²) >= 11 is 0. The van der Waals surface area contributed by atoms with Crippen molar-refractivity contribution in [1.82, 2.24) is 9.97 Å². The molecule has 2 aromatic rings. The van der Waals surface area contributed by atoms with Crippen molar-refractivity contribution >= 4 is 23.2 Å². The molecule has 1 aromatic carbocycles. The summed E-state index contributed by atoms with van der Waals surface area (Å²) in [5, 5.41) is 9.80. The molecule has 4 rings (SSSR count). The molecule has 0 saturated carbocycles. The SMILES string of the molecule is CN1CC(=O)N(c2ccccc2)Cc2c1ncnc2N1CCC(O)CC1. The molecule has 0 radical (unpaired) electrons. The standard InChI is InChI=1S/C19H23N5O2/c1-22-12-17(26)24(14-5-3-2-4-6-14)11-16-18(22)20-13-21-19(16)23-9-7-15(25)8-10-23/h2-6,13,15,25H,7-12H2,1H3. The van der Waals surface area contributed by atoms with Crippen LogP contribution >= 0.6 is 0 Å². The molecule has 0 unspecified atom stereocenters. The summed E-state index contributed by atoms with van der Waals surface area (Å²) in [4.78, 5) is 27.7. The van der Waals surface area contributed by atoms with Gasteiger partial charge in [0, 0.05) is 25.8 Å². The minimum absolute atomic E-state index is 0.0386. The summed E-state index contributed by atoms with van der Waals surface area (Å²) in [7, 11) is 1.89. The third-order valence-electron chi connectivity index (χ3n) is 5.08. The fourth-order valence-corrected chi connectivity index (χ4v) is 3.67. The van der Waals surface area contributed by atoms with Crippen LogP contribution in [0.25, 0.3) is 0 Å². The molecule has 1 amide bonds. The van der Waals surface area contributed by atoms with Crippen LogP contribution in [0.3, 0.4) is 0 Å². The van der Waals surface area contributed by atoms with Gasteiger partial charge in [-0.3, -0.25) is 4.79 Å². The van der Waals surface area contributed by atoms with Gasteiger partial charge in [-0.15, -0.1) is 0 Å². The van der Waals surface area contributed by atoms with Gasteiger partial charge < -0.3 is 19.8 Å². The van der Waals surface area contributed by atoms with E-state index in [1.54, 1.807) is 11.2 Å². The highest BCUT2D eigenvalue weighted by Crippen LogP contribution is 2.32. The van der Waals surface area contributed by atoms with Crippen LogP contribution in [0.15, 0.2) is 36.7 Å². The number of hydrogen-bond donors (Lipinski definition) is 1. The van der Waals surface area contributed by atoms with Gasteiger partial charge in [-0.05, 0) is 25.0 Å². The maximum absolute atomic E-state index is 12.8. The molecule has 1 aromatic heterocycles. The number of benzene rings is 1. The molecule has 2 aliphatic rings. The van der Waals surface area contributed by atoms with Crippen molar-refractivity contribution in [3.8, 4) is 0 Å². The van der Waals surface area contributed by atoms with Gasteiger partial charge in [0.2, 0.25) is 5.91 Å². The fraction of sp³-hybridized carbons (Fsp3) is 0.421. The number of likely N-dealkylation sites (N-methyl/N-ethyl adjacent to an activating group) is 1. The molecular formula is C19H23N5O2. The first kappa shape index (κ1) is 16.8. The second kappa shape index (κ2) is 6.92. The topological polar surface area (TPSA) is 72.8 Å². The van der Waals surface area contributed by atoms with Gasteiger partial charge in [0.05, 0.1) is 24.8 Å². The van der Waals surface area contributed by atoms with Gasteiger partial charge >= 0.3 is 0 Å². The van der Waals surface area contributed by atoms with Gasteiger partial charge in [-0.1, -0.05) is 18.2 Å². The van der Waals surface area contributed by atoms with Gasteiger partial charge in [0.15, 0.2) is 0 Å². The number of rotatable bonds is 2. The number of amides is 1. The monoisotopic (exact) mass is 353 g/mol. The maximum atomic E-state index is 12.8. The Morgan fingerprint density at radius 2 is 1.73 bits per heavy atom. The zero-order valence-electron chi connectivity index (χ0n) is 14.9. The highest BCUT2D eigenvalue weighted by molar-refractivity contribution is 5.97. The van der Waals surface area contributed by atoms with Crippen molar-refractivity contribution in [2.24, 2.45) is 0 Å². The van der Waals surface area contributed by atoms with Crippen LogP contribution in [-0.4, -0.2) is 53.8 Å². The molecule has 1 N–H and O–H groups in total. The number of fused-ring (bicyclic) bond motifs is 1. The van der Waals surface area contributed by atoms with Gasteiger partial charge in [-0.25, -0.2) is 9.97 Å². The van der Waals surface area contributed by atoms with E-state index >= 15 is 0 Å². The Morgan fingerprint density at radius 1 is 1.04 bits per heavy atom. The largest absolute Gasteiger partial charge is 0.393 e. The third kappa shape index (κ3) is 3.10. The molecule has 0 bridgehead atoms. The minimum Gasteiger partial charge on any atom is -0.393 e. The van der Waals surface area contributed by atoms with E-state index in [1.807, 2.05) is 42.3 Å². The third-order valence-corrected chi connectivity index (χ3v) is 5.08. The Labute approximate surface area is 152 Å². The number of anilines is 3. The number of hydrogen-bond acceptors (Lipinski definition) is 6. The first-order valence-corrected chi connectivity index (χ1v) is 8.97. The van der Waals surface area contributed by atoms with Crippen LogP contribution in [0.1, 0.15) is 18.4 Å². The number of nitrogens with zero attached hydrogens (tertiary/aromatic N) is 5. The van der Waals surface area contributed by atoms with Crippen LogP contribution < -0.4 is 14.7 Å². The molecule has 1 saturated heterocycles. The van der Waals surface area contributed by atoms with E-state index in [1.165, 1.54) is 0 Å². The van der Waals surface area contributed by atoms with Gasteiger partial charge in [0.1, 0.15) is 18.0 Å². The lowest BCUT2D eigenvalue weighted by Gasteiger charge is -2.32. The Kier molecular flexibility index (Phi) is 4.46. The molecule has 0 aliphatic carbocycles. The van der Waals surface area contributed by atoms with Crippen LogP contribution in [0.4, 0.5) is 17.3 Å². The van der Waals surface area contributed by atoms with Crippen molar-refractivity contribution in [2.45, 2.75) is 25.5 Å². The Hall–Kier alpha value is -2.67. The second-order valence-electron chi connectivity index (χ2n) is 6.89. The zero-order chi connectivity index (χ0) is 18.1. The lowest BCUT2D eigenvalue weighted by Crippen LogP contribution is -2.37. The Bertz CT molecular complexity index is 790. The van der Waals surface area contributed by atoms with Gasteiger partial charge in [-0.2, -0.15) is 0 Å². The van der Waals surface area contributed by atoms with E-state index in [-0.39, 0.29) is 18.6 Å². The van der Waals surface area contributed by atoms with Crippen LogP contribution in [0.2, 0.25) is 0 Å². The molecule has 3 heterocycles. The molecule has 0 spiro atoms. The summed E-state index contributed by atoms with van der Waals surface area (Å²) < 4.78 is 0. The van der Waals surface area contributed by atoms with Gasteiger partial charge in [0.25, 0.3) is 0 Å². The molecule has 7 nitrogen and oxygen atoms in total. The van der Waals surface area contributed by atoms with Crippen molar-refractivity contribution in [1.29, 1.82) is 0 Å². The average Bonchev–Trinajstić information content (AvgIpc) is 2.79. The van der Waals surface area contributed by atoms with Crippen LogP contribution in [0.5, 0.6) is 0 Å². The average molecular weight is 353 g/mol. The molecule has 2 aliphatic heterocycles. The van der Waals surface area contributed by atoms with Crippen molar-refractivity contribution < 1.29 is 9.90 Å². The van der Waals surface area contributed by atoms with E-state index in [9.17, 15) is 9.90 Å². The highest BCUT2D eigenvalue weighted by Gasteiger charge is 2.30. The van der Waals surface area contributed by atoms with E-state index in [0.29, 0.717) is 6.54 Å². The fourth-order valence-electron chi connectivity index (χ4n) is 3.67. The zero-order valence-corrected chi connectivity index (χ0v) is 14.9. The summed E-state index contributed by atoms with van der Waals surface area (Å²) in [6, 6.07) is 9.71. The lowest BCUT2D eigenvalue weighted by atomic mass is 10.1. The summed E-state index contributed by atoms with van der Waals surface area (Å²) in [6.45, 7) is 2.23. The number of aliphatic hydroxyl groups excluding tert-OH is 1. The summed E-state index contributed by atoms with van der Waals surface area (Å²) in [6.07, 6.45) is 2.79. The number of piperidine rings is 1. The molecule has 26 heavy (non-hydrogen) atoms. The van der Waals surface area contributed by atoms with E-state index in [4.69, 9.17) is 0 Å². The lowest BCUT2D eigenvalue weighted by molar-refractivity contribution is -0.117. The van der Waals surface area contributed by atoms with Crippen LogP contribution in [0, 0.1) is 0 Å². The van der Waals surface area contributed by atoms with Crippen molar-refractivity contribution in [2.75, 3.05) is 41.4 Å². The Balaban J connectivity index is 1.74. The second-order valence-corrected chi connectivity index (χ2v) is 6.89. The summed E-state index contributed by atoms with van der Waals surface area (Å²) in [5.74, 6) is 1.70. The number of para-hydroxylation sites is 1. The number of carbonyl (C=O) groups excluding carboxylic acids is 1. The quantitative estimate of drug-likeness (QED) is 0.880.